The minimum atomic E-state index is -3.70. The molecule has 1 aliphatic heterocycles. The first kappa shape index (κ1) is 21.5. The molecule has 31 heavy (non-hydrogen) atoms. The normalized spacial score (nSPS) is 14.5. The van der Waals surface area contributed by atoms with Gasteiger partial charge in [-0.3, -0.25) is 4.79 Å². The van der Waals surface area contributed by atoms with Crippen molar-refractivity contribution < 1.29 is 17.9 Å². The average Bonchev–Trinajstić information content (AvgIpc) is 3.48. The predicted octanol–water partition coefficient (Wildman–Crippen LogP) is 4.25. The van der Waals surface area contributed by atoms with E-state index in [1.165, 1.54) is 21.7 Å². The third-order valence-electron chi connectivity index (χ3n) is 4.94. The Kier molecular flexibility index (Phi) is 6.35. The number of carbonyl (C=O) groups is 1. The van der Waals surface area contributed by atoms with Gasteiger partial charge in [-0.1, -0.05) is 30.3 Å². The molecule has 0 bridgehead atoms. The van der Waals surface area contributed by atoms with Crippen molar-refractivity contribution >= 4 is 33.0 Å². The molecular formula is C22H23N3O4S2. The van der Waals surface area contributed by atoms with Gasteiger partial charge in [0.2, 0.25) is 10.0 Å². The van der Waals surface area contributed by atoms with Crippen LogP contribution in [0.3, 0.4) is 0 Å². The summed E-state index contributed by atoms with van der Waals surface area (Å²) in [6.45, 7) is 3.13. The van der Waals surface area contributed by atoms with Crippen molar-refractivity contribution in [2.75, 3.05) is 25.0 Å². The SMILES string of the molecule is CCOc1ccc(NC(=O)c2csc(-c3ccccc3)n2)cc1S(=O)(=O)N1CCCC1. The molecule has 7 nitrogen and oxygen atoms in total. The van der Waals surface area contributed by atoms with Gasteiger partial charge in [0, 0.05) is 29.7 Å². The average molecular weight is 458 g/mol. The number of anilines is 1. The van der Waals surface area contributed by atoms with Gasteiger partial charge < -0.3 is 10.1 Å². The molecule has 0 unspecified atom stereocenters. The molecule has 1 aromatic heterocycles. The monoisotopic (exact) mass is 457 g/mol. The van der Waals surface area contributed by atoms with Crippen molar-refractivity contribution in [2.45, 2.75) is 24.7 Å². The lowest BCUT2D eigenvalue weighted by atomic mass is 10.2. The Morgan fingerprint density at radius 2 is 1.90 bits per heavy atom. The molecule has 1 fully saturated rings. The van der Waals surface area contributed by atoms with Crippen molar-refractivity contribution in [3.05, 3.63) is 59.6 Å². The van der Waals surface area contributed by atoms with E-state index < -0.39 is 15.9 Å². The van der Waals surface area contributed by atoms with Crippen LogP contribution in [0.25, 0.3) is 10.6 Å². The van der Waals surface area contributed by atoms with E-state index in [0.29, 0.717) is 25.4 Å². The molecule has 3 aromatic rings. The van der Waals surface area contributed by atoms with Crippen molar-refractivity contribution in [2.24, 2.45) is 0 Å². The number of benzene rings is 2. The molecule has 4 rings (SSSR count). The zero-order valence-corrected chi connectivity index (χ0v) is 18.7. The number of carbonyl (C=O) groups excluding carboxylic acids is 1. The predicted molar refractivity (Wildman–Crippen MR) is 121 cm³/mol. The maximum atomic E-state index is 13.1. The van der Waals surface area contributed by atoms with Gasteiger partial charge >= 0.3 is 0 Å². The van der Waals surface area contributed by atoms with Crippen molar-refractivity contribution in [3.8, 4) is 16.3 Å². The fourth-order valence-corrected chi connectivity index (χ4v) is 5.90. The van der Waals surface area contributed by atoms with Gasteiger partial charge in [-0.15, -0.1) is 11.3 Å². The molecule has 0 atom stereocenters. The number of hydrogen-bond acceptors (Lipinski definition) is 6. The molecule has 1 N–H and O–H groups in total. The number of thiazole rings is 1. The second kappa shape index (κ2) is 9.17. The van der Waals surface area contributed by atoms with Crippen LogP contribution in [-0.2, 0) is 10.0 Å². The van der Waals surface area contributed by atoms with E-state index in [0.717, 1.165) is 23.4 Å². The van der Waals surface area contributed by atoms with Crippen LogP contribution in [0, 0.1) is 0 Å². The van der Waals surface area contributed by atoms with Crippen LogP contribution in [0.2, 0.25) is 0 Å². The Bertz CT molecular complexity index is 1170. The molecule has 162 valence electrons. The van der Waals surface area contributed by atoms with Crippen molar-refractivity contribution in [1.29, 1.82) is 0 Å². The van der Waals surface area contributed by atoms with E-state index in [-0.39, 0.29) is 16.3 Å². The molecule has 1 saturated heterocycles. The fourth-order valence-electron chi connectivity index (χ4n) is 3.42. The second-order valence-corrected chi connectivity index (χ2v) is 9.83. The molecule has 0 spiro atoms. The summed E-state index contributed by atoms with van der Waals surface area (Å²) >= 11 is 1.38. The number of aromatic nitrogens is 1. The number of amides is 1. The van der Waals surface area contributed by atoms with E-state index >= 15 is 0 Å². The van der Waals surface area contributed by atoms with Crippen LogP contribution in [0.15, 0.2) is 58.8 Å². The topological polar surface area (TPSA) is 88.6 Å². The van der Waals surface area contributed by atoms with E-state index in [9.17, 15) is 13.2 Å². The molecule has 2 aromatic carbocycles. The number of rotatable bonds is 7. The van der Waals surface area contributed by atoms with Gasteiger partial charge in [0.25, 0.3) is 5.91 Å². The first-order valence-electron chi connectivity index (χ1n) is 10.1. The van der Waals surface area contributed by atoms with E-state index in [1.54, 1.807) is 24.4 Å². The Hall–Kier alpha value is -2.75. The zero-order valence-electron chi connectivity index (χ0n) is 17.1. The maximum absolute atomic E-state index is 13.1. The van der Waals surface area contributed by atoms with Gasteiger partial charge in [0.15, 0.2) is 0 Å². The second-order valence-electron chi connectivity index (χ2n) is 7.06. The smallest absolute Gasteiger partial charge is 0.275 e. The molecule has 0 aliphatic carbocycles. The molecule has 0 saturated carbocycles. The van der Waals surface area contributed by atoms with Crippen LogP contribution in [0.5, 0.6) is 5.75 Å². The minimum Gasteiger partial charge on any atom is -0.492 e. The largest absolute Gasteiger partial charge is 0.492 e. The molecule has 2 heterocycles. The summed E-state index contributed by atoms with van der Waals surface area (Å²) < 4.78 is 33.3. The Balaban J connectivity index is 1.59. The minimum absolute atomic E-state index is 0.0669. The Morgan fingerprint density at radius 1 is 1.16 bits per heavy atom. The fraction of sp³-hybridized carbons (Fsp3) is 0.273. The summed E-state index contributed by atoms with van der Waals surface area (Å²) in [5, 5.41) is 5.20. The van der Waals surface area contributed by atoms with Crippen LogP contribution in [0.4, 0.5) is 5.69 Å². The molecule has 9 heteroatoms. The first-order valence-corrected chi connectivity index (χ1v) is 12.4. The lowest BCUT2D eigenvalue weighted by Gasteiger charge is -2.19. The highest BCUT2D eigenvalue weighted by atomic mass is 32.2. The number of sulfonamides is 1. The highest BCUT2D eigenvalue weighted by Crippen LogP contribution is 2.32. The summed E-state index contributed by atoms with van der Waals surface area (Å²) in [7, 11) is -3.70. The summed E-state index contributed by atoms with van der Waals surface area (Å²) in [5.74, 6) is -0.112. The van der Waals surface area contributed by atoms with Crippen LogP contribution in [0.1, 0.15) is 30.3 Å². The number of ether oxygens (including phenoxy) is 1. The number of hydrogen-bond donors (Lipinski definition) is 1. The first-order chi connectivity index (χ1) is 15.0. The zero-order chi connectivity index (χ0) is 21.8. The van der Waals surface area contributed by atoms with Crippen LogP contribution < -0.4 is 10.1 Å². The number of nitrogens with one attached hydrogen (secondary N) is 1. The van der Waals surface area contributed by atoms with Gasteiger partial charge in [0.1, 0.15) is 21.3 Å². The highest BCUT2D eigenvalue weighted by Gasteiger charge is 2.30. The van der Waals surface area contributed by atoms with Crippen LogP contribution in [-0.4, -0.2) is 43.3 Å². The highest BCUT2D eigenvalue weighted by molar-refractivity contribution is 7.89. The lowest BCUT2D eigenvalue weighted by Crippen LogP contribution is -2.28. The standard InChI is InChI=1S/C22H23N3O4S2/c1-2-29-19-11-10-17(14-20(19)31(27,28)25-12-6-7-13-25)23-21(26)18-15-30-22(24-18)16-8-4-3-5-9-16/h3-5,8-11,14-15H,2,6-7,12-13H2,1H3,(H,23,26). The van der Waals surface area contributed by atoms with Crippen molar-refractivity contribution in [3.63, 3.8) is 0 Å². The van der Waals surface area contributed by atoms with Gasteiger partial charge in [0.05, 0.1) is 6.61 Å². The molecule has 0 radical (unpaired) electrons. The van der Waals surface area contributed by atoms with Gasteiger partial charge in [-0.2, -0.15) is 4.31 Å². The summed E-state index contributed by atoms with van der Waals surface area (Å²) in [5.41, 5.74) is 1.59. The lowest BCUT2D eigenvalue weighted by molar-refractivity contribution is 0.102. The summed E-state index contributed by atoms with van der Waals surface area (Å²) in [4.78, 5) is 17.2. The third kappa shape index (κ3) is 4.63. The maximum Gasteiger partial charge on any atom is 0.275 e. The quantitative estimate of drug-likeness (QED) is 0.573. The Morgan fingerprint density at radius 3 is 2.61 bits per heavy atom. The number of nitrogens with zero attached hydrogens (tertiary/aromatic N) is 2. The van der Waals surface area contributed by atoms with Gasteiger partial charge in [-0.05, 0) is 38.0 Å². The molecular weight excluding hydrogens is 434 g/mol. The van der Waals surface area contributed by atoms with Crippen molar-refractivity contribution in [1.82, 2.24) is 9.29 Å². The Labute approximate surface area is 185 Å². The molecule has 1 amide bonds. The van der Waals surface area contributed by atoms with E-state index in [1.807, 2.05) is 30.3 Å². The summed E-state index contributed by atoms with van der Waals surface area (Å²) in [6, 6.07) is 14.3. The third-order valence-corrected chi connectivity index (χ3v) is 7.75. The van der Waals surface area contributed by atoms with E-state index in [2.05, 4.69) is 10.3 Å². The van der Waals surface area contributed by atoms with Crippen LogP contribution >= 0.6 is 11.3 Å². The summed E-state index contributed by atoms with van der Waals surface area (Å²) in [6.07, 6.45) is 1.68. The van der Waals surface area contributed by atoms with Gasteiger partial charge in [-0.25, -0.2) is 13.4 Å². The molecule has 1 aliphatic rings. The van der Waals surface area contributed by atoms with E-state index in [4.69, 9.17) is 4.74 Å².